The highest BCUT2D eigenvalue weighted by molar-refractivity contribution is 5.36. The molecule has 0 saturated heterocycles. The van der Waals surface area contributed by atoms with Crippen molar-refractivity contribution in [3.63, 3.8) is 0 Å². The van der Waals surface area contributed by atoms with Crippen LogP contribution >= 0.6 is 0 Å². The minimum atomic E-state index is -0.957. The Labute approximate surface area is 113 Å². The standard InChI is InChI=1S/C14H11F2NO3/c1-9(12-3-2-4-13(15)14(12)16)20-11-7-5-10(6-8-11)17(18)19/h2-9H,1H3. The van der Waals surface area contributed by atoms with Gasteiger partial charge in [0, 0.05) is 17.7 Å². The molecule has 0 amide bonds. The maximum atomic E-state index is 13.6. The zero-order chi connectivity index (χ0) is 14.7. The van der Waals surface area contributed by atoms with Crippen molar-refractivity contribution in [1.29, 1.82) is 0 Å². The van der Waals surface area contributed by atoms with Crippen LogP contribution in [0.5, 0.6) is 5.75 Å². The molecule has 0 aliphatic heterocycles. The van der Waals surface area contributed by atoms with Crippen molar-refractivity contribution in [3.8, 4) is 5.75 Å². The van der Waals surface area contributed by atoms with Crippen LogP contribution < -0.4 is 4.74 Å². The molecule has 2 rings (SSSR count). The number of ether oxygens (including phenoxy) is 1. The van der Waals surface area contributed by atoms with Gasteiger partial charge in [-0.2, -0.15) is 0 Å². The molecule has 1 atom stereocenters. The summed E-state index contributed by atoms with van der Waals surface area (Å²) in [4.78, 5) is 9.98. The molecule has 0 N–H and O–H groups in total. The quantitative estimate of drug-likeness (QED) is 0.627. The Kier molecular flexibility index (Phi) is 3.93. The fraction of sp³-hybridized carbons (Fsp3) is 0.143. The van der Waals surface area contributed by atoms with Gasteiger partial charge in [0.25, 0.3) is 5.69 Å². The van der Waals surface area contributed by atoms with Crippen LogP contribution in [0.1, 0.15) is 18.6 Å². The van der Waals surface area contributed by atoms with Crippen molar-refractivity contribution in [3.05, 3.63) is 69.8 Å². The second-order valence-corrected chi connectivity index (χ2v) is 4.15. The van der Waals surface area contributed by atoms with E-state index in [1.807, 2.05) is 0 Å². The van der Waals surface area contributed by atoms with Crippen molar-refractivity contribution in [2.75, 3.05) is 0 Å². The smallest absolute Gasteiger partial charge is 0.269 e. The third kappa shape index (κ3) is 2.90. The molecule has 0 bridgehead atoms. The van der Waals surface area contributed by atoms with Crippen LogP contribution in [0.25, 0.3) is 0 Å². The van der Waals surface area contributed by atoms with E-state index < -0.39 is 22.7 Å². The van der Waals surface area contributed by atoms with Gasteiger partial charge in [0.2, 0.25) is 0 Å². The first-order chi connectivity index (χ1) is 9.49. The Bertz CT molecular complexity index is 629. The van der Waals surface area contributed by atoms with Crippen molar-refractivity contribution in [2.24, 2.45) is 0 Å². The lowest BCUT2D eigenvalue weighted by atomic mass is 10.1. The third-order valence-corrected chi connectivity index (χ3v) is 2.78. The number of hydrogen-bond donors (Lipinski definition) is 0. The number of non-ortho nitro benzene ring substituents is 1. The summed E-state index contributed by atoms with van der Waals surface area (Å²) in [5, 5.41) is 10.5. The van der Waals surface area contributed by atoms with Crippen molar-refractivity contribution >= 4 is 5.69 Å². The lowest BCUT2D eigenvalue weighted by Gasteiger charge is -2.15. The van der Waals surface area contributed by atoms with E-state index in [1.54, 1.807) is 6.92 Å². The highest BCUT2D eigenvalue weighted by atomic mass is 19.2. The first kappa shape index (κ1) is 13.9. The summed E-state index contributed by atoms with van der Waals surface area (Å²) in [5.74, 6) is -1.56. The number of halogens is 2. The molecule has 104 valence electrons. The summed E-state index contributed by atoms with van der Waals surface area (Å²) in [6, 6.07) is 9.22. The molecule has 0 saturated carbocycles. The largest absolute Gasteiger partial charge is 0.486 e. The summed E-state index contributed by atoms with van der Waals surface area (Å²) in [6.07, 6.45) is -0.716. The molecule has 0 aliphatic rings. The minimum Gasteiger partial charge on any atom is -0.486 e. The predicted molar refractivity (Wildman–Crippen MR) is 68.5 cm³/mol. The minimum absolute atomic E-state index is 0.0676. The fourth-order valence-electron chi connectivity index (χ4n) is 1.75. The van der Waals surface area contributed by atoms with Gasteiger partial charge in [0.15, 0.2) is 11.6 Å². The first-order valence-corrected chi connectivity index (χ1v) is 5.84. The Morgan fingerprint density at radius 3 is 2.40 bits per heavy atom. The Morgan fingerprint density at radius 2 is 1.80 bits per heavy atom. The van der Waals surface area contributed by atoms with Crippen LogP contribution in [0.4, 0.5) is 14.5 Å². The molecule has 0 heterocycles. The fourth-order valence-corrected chi connectivity index (χ4v) is 1.75. The van der Waals surface area contributed by atoms with Gasteiger partial charge in [0.05, 0.1) is 4.92 Å². The topological polar surface area (TPSA) is 52.4 Å². The second-order valence-electron chi connectivity index (χ2n) is 4.15. The second kappa shape index (κ2) is 5.64. The zero-order valence-electron chi connectivity index (χ0n) is 10.5. The summed E-state index contributed by atoms with van der Waals surface area (Å²) >= 11 is 0. The Balaban J connectivity index is 2.17. The molecular weight excluding hydrogens is 268 g/mol. The number of nitro benzene ring substituents is 1. The monoisotopic (exact) mass is 279 g/mol. The average molecular weight is 279 g/mol. The molecular formula is C14H11F2NO3. The number of nitro groups is 1. The maximum Gasteiger partial charge on any atom is 0.269 e. The Hall–Kier alpha value is -2.50. The molecule has 6 heteroatoms. The van der Waals surface area contributed by atoms with Gasteiger partial charge in [-0.05, 0) is 25.1 Å². The van der Waals surface area contributed by atoms with Gasteiger partial charge in [-0.3, -0.25) is 10.1 Å². The third-order valence-electron chi connectivity index (χ3n) is 2.78. The predicted octanol–water partition coefficient (Wildman–Crippen LogP) is 4.01. The van der Waals surface area contributed by atoms with E-state index in [9.17, 15) is 18.9 Å². The van der Waals surface area contributed by atoms with E-state index in [2.05, 4.69) is 0 Å². The van der Waals surface area contributed by atoms with Crippen LogP contribution in [-0.4, -0.2) is 4.92 Å². The first-order valence-electron chi connectivity index (χ1n) is 5.84. The number of hydrogen-bond acceptors (Lipinski definition) is 3. The molecule has 0 radical (unpaired) electrons. The number of benzene rings is 2. The van der Waals surface area contributed by atoms with Crippen LogP contribution in [0.2, 0.25) is 0 Å². The number of rotatable bonds is 4. The van der Waals surface area contributed by atoms with Gasteiger partial charge in [0.1, 0.15) is 11.9 Å². The molecule has 2 aromatic carbocycles. The molecule has 0 aromatic heterocycles. The Morgan fingerprint density at radius 1 is 1.15 bits per heavy atom. The maximum absolute atomic E-state index is 13.6. The van der Waals surface area contributed by atoms with Crippen LogP contribution in [0.15, 0.2) is 42.5 Å². The molecule has 1 unspecified atom stereocenters. The van der Waals surface area contributed by atoms with Gasteiger partial charge < -0.3 is 4.74 Å². The summed E-state index contributed by atoms with van der Waals surface area (Å²) in [7, 11) is 0. The van der Waals surface area contributed by atoms with E-state index in [0.717, 1.165) is 6.07 Å². The lowest BCUT2D eigenvalue weighted by Crippen LogP contribution is -2.06. The van der Waals surface area contributed by atoms with Crippen molar-refractivity contribution in [1.82, 2.24) is 0 Å². The van der Waals surface area contributed by atoms with Crippen LogP contribution in [0, 0.1) is 21.7 Å². The number of nitrogens with zero attached hydrogens (tertiary/aromatic N) is 1. The normalized spacial score (nSPS) is 11.9. The van der Waals surface area contributed by atoms with Crippen molar-refractivity contribution < 1.29 is 18.4 Å². The summed E-state index contributed by atoms with van der Waals surface area (Å²) < 4.78 is 32.1. The highest BCUT2D eigenvalue weighted by Crippen LogP contribution is 2.26. The zero-order valence-corrected chi connectivity index (χ0v) is 10.5. The lowest BCUT2D eigenvalue weighted by molar-refractivity contribution is -0.384. The summed E-state index contributed by atoms with van der Waals surface area (Å²) in [6.45, 7) is 1.57. The van der Waals surface area contributed by atoms with E-state index in [4.69, 9.17) is 4.74 Å². The van der Waals surface area contributed by atoms with Gasteiger partial charge in [-0.15, -0.1) is 0 Å². The van der Waals surface area contributed by atoms with Crippen LogP contribution in [-0.2, 0) is 0 Å². The summed E-state index contributed by atoms with van der Waals surface area (Å²) in [5.41, 5.74) is 0.0188. The highest BCUT2D eigenvalue weighted by Gasteiger charge is 2.16. The van der Waals surface area contributed by atoms with Crippen molar-refractivity contribution in [2.45, 2.75) is 13.0 Å². The van der Waals surface area contributed by atoms with Gasteiger partial charge >= 0.3 is 0 Å². The van der Waals surface area contributed by atoms with Gasteiger partial charge in [-0.25, -0.2) is 8.78 Å². The molecule has 2 aromatic rings. The average Bonchev–Trinajstić information content (AvgIpc) is 2.42. The van der Waals surface area contributed by atoms with E-state index in [0.29, 0.717) is 5.75 Å². The van der Waals surface area contributed by atoms with Gasteiger partial charge in [-0.1, -0.05) is 12.1 Å². The van der Waals surface area contributed by atoms with E-state index in [-0.39, 0.29) is 11.3 Å². The van der Waals surface area contributed by atoms with Crippen LogP contribution in [0.3, 0.4) is 0 Å². The molecule has 20 heavy (non-hydrogen) atoms. The van der Waals surface area contributed by atoms with E-state index in [1.165, 1.54) is 36.4 Å². The molecule has 4 nitrogen and oxygen atoms in total. The molecule has 0 aliphatic carbocycles. The SMILES string of the molecule is CC(Oc1ccc([N+](=O)[O-])cc1)c1cccc(F)c1F. The van der Waals surface area contributed by atoms with E-state index >= 15 is 0 Å². The molecule has 0 fully saturated rings. The molecule has 0 spiro atoms.